The van der Waals surface area contributed by atoms with Crippen LogP contribution >= 0.6 is 31.5 Å². The quantitative estimate of drug-likeness (QED) is 0.441. The van der Waals surface area contributed by atoms with Gasteiger partial charge < -0.3 is 0 Å². The Kier molecular flexibility index (Phi) is 4.64. The van der Waals surface area contributed by atoms with Crippen molar-refractivity contribution >= 4 is 44.3 Å². The van der Waals surface area contributed by atoms with Crippen molar-refractivity contribution in [2.24, 2.45) is 0 Å². The fraction of sp³-hybridized carbons (Fsp3) is 1.00. The van der Waals surface area contributed by atoms with Crippen LogP contribution in [0.2, 0.25) is 0 Å². The Morgan fingerprint density at radius 2 is 1.60 bits per heavy atom. The average molecular weight is 195 g/mol. The molecule has 32 valence electrons. The van der Waals surface area contributed by atoms with Gasteiger partial charge in [0.25, 0.3) is 0 Å². The maximum absolute atomic E-state index is 5.24. The molecule has 0 amide bonds. The summed E-state index contributed by atoms with van der Waals surface area (Å²) in [5.41, 5.74) is 0. The van der Waals surface area contributed by atoms with E-state index in [0.29, 0.717) is 4.67 Å². The van der Waals surface area contributed by atoms with Gasteiger partial charge in [0.1, 0.15) is 0 Å². The van der Waals surface area contributed by atoms with Crippen LogP contribution in [0.1, 0.15) is 0 Å². The summed E-state index contributed by atoms with van der Waals surface area (Å²) in [5, 5.41) is 0. The molecule has 0 nitrogen and oxygen atoms in total. The molecule has 5 heavy (non-hydrogen) atoms. The summed E-state index contributed by atoms with van der Waals surface area (Å²) in [6.45, 7) is 0. The zero-order valence-electron chi connectivity index (χ0n) is 2.29. The summed E-state index contributed by atoms with van der Waals surface area (Å²) in [6, 6.07) is 0. The number of rotatable bonds is 1. The molecule has 0 bridgehead atoms. The van der Waals surface area contributed by atoms with E-state index in [1.54, 1.807) is 0 Å². The van der Waals surface area contributed by atoms with Gasteiger partial charge in [-0.2, -0.15) is 0 Å². The van der Waals surface area contributed by atoms with Gasteiger partial charge in [0.05, 0.1) is 0 Å². The zero-order chi connectivity index (χ0) is 4.28. The minimum absolute atomic E-state index is 0.454. The first-order chi connectivity index (χ1) is 2.27. The topological polar surface area (TPSA) is 0 Å². The minimum atomic E-state index is -1.49. The van der Waals surface area contributed by atoms with Crippen LogP contribution < -0.4 is 0 Å². The van der Waals surface area contributed by atoms with Gasteiger partial charge in [0.15, 0.2) is 0 Å². The summed E-state index contributed by atoms with van der Waals surface area (Å²) in [7, 11) is 10.5. The summed E-state index contributed by atoms with van der Waals surface area (Å²) in [4.78, 5) is 0. The van der Waals surface area contributed by atoms with E-state index in [2.05, 4.69) is 0 Å². The van der Waals surface area contributed by atoms with Gasteiger partial charge in [0, 0.05) is 0 Å². The molecule has 0 radical (unpaired) electrons. The van der Waals surface area contributed by atoms with Crippen LogP contribution in [0.3, 0.4) is 0 Å². The van der Waals surface area contributed by atoms with Gasteiger partial charge in [-0.25, -0.2) is 0 Å². The molecule has 0 aliphatic rings. The predicted octanol–water partition coefficient (Wildman–Crippen LogP) is 1.73. The molecule has 0 aliphatic heterocycles. The first-order valence-corrected chi connectivity index (χ1v) is 7.71. The van der Waals surface area contributed by atoms with E-state index in [-0.39, 0.29) is 0 Å². The van der Waals surface area contributed by atoms with Crippen molar-refractivity contribution in [1.29, 1.82) is 0 Å². The monoisotopic (exact) mass is 194 g/mol. The molecule has 0 saturated heterocycles. The molecule has 4 heteroatoms. The van der Waals surface area contributed by atoms with E-state index in [0.717, 1.165) is 0 Å². The van der Waals surface area contributed by atoms with Gasteiger partial charge in [-0.15, -0.1) is 0 Å². The molecule has 0 unspecified atom stereocenters. The standard InChI is InChI=1S/CH2AsCl3/c3-1-2(4)5/h1H2. The molecule has 0 fully saturated rings. The van der Waals surface area contributed by atoms with Gasteiger partial charge in [-0.05, 0) is 0 Å². The number of hydrogen-bond donors (Lipinski definition) is 0. The van der Waals surface area contributed by atoms with Crippen molar-refractivity contribution in [1.82, 2.24) is 0 Å². The SMILES string of the molecule is ClC[As](Cl)Cl. The molecule has 0 N–H and O–H groups in total. The van der Waals surface area contributed by atoms with E-state index in [9.17, 15) is 0 Å². The zero-order valence-corrected chi connectivity index (χ0v) is 6.43. The van der Waals surface area contributed by atoms with Crippen molar-refractivity contribution in [3.63, 3.8) is 0 Å². The fourth-order valence-corrected chi connectivity index (χ4v) is 0. The van der Waals surface area contributed by atoms with Crippen LogP contribution in [0.4, 0.5) is 0 Å². The molecule has 0 aliphatic carbocycles. The second-order valence-corrected chi connectivity index (χ2v) is 8.58. The van der Waals surface area contributed by atoms with Crippen molar-refractivity contribution in [2.75, 3.05) is 4.67 Å². The van der Waals surface area contributed by atoms with Gasteiger partial charge in [-0.1, -0.05) is 0 Å². The predicted molar refractivity (Wildman–Crippen MR) is 28.2 cm³/mol. The number of alkyl halides is 1. The molecule has 0 spiro atoms. The van der Waals surface area contributed by atoms with Crippen LogP contribution in [0.25, 0.3) is 0 Å². The van der Waals surface area contributed by atoms with Crippen LogP contribution in [-0.4, -0.2) is 17.4 Å². The molecular formula is CH2AsCl3. The third-order valence-electron chi connectivity index (χ3n) is 0.0904. The first-order valence-electron chi connectivity index (χ1n) is 0.922. The summed E-state index contributed by atoms with van der Waals surface area (Å²) in [5.74, 6) is 0. The maximum atomic E-state index is 5.24. The summed E-state index contributed by atoms with van der Waals surface area (Å²) >= 11 is 3.65. The molecule has 0 rings (SSSR count). The molecule has 0 saturated carbocycles. The van der Waals surface area contributed by atoms with E-state index < -0.39 is 12.8 Å². The average Bonchev–Trinajstić information content (AvgIpc) is 1.38. The Balaban J connectivity index is 2.54. The second kappa shape index (κ2) is 3.61. The molecule has 0 aromatic heterocycles. The van der Waals surface area contributed by atoms with E-state index in [4.69, 9.17) is 31.5 Å². The summed E-state index contributed by atoms with van der Waals surface area (Å²) < 4.78 is 0.454. The normalized spacial score (nSPS) is 9.60. The Morgan fingerprint density at radius 3 is 1.60 bits per heavy atom. The van der Waals surface area contributed by atoms with Crippen LogP contribution in [-0.2, 0) is 0 Å². The van der Waals surface area contributed by atoms with Crippen LogP contribution in [0, 0.1) is 0 Å². The van der Waals surface area contributed by atoms with E-state index >= 15 is 0 Å². The third kappa shape index (κ3) is 5.43. The Hall–Kier alpha value is 1.43. The molecule has 0 heterocycles. The Bertz CT molecular complexity index is 20.9. The van der Waals surface area contributed by atoms with Crippen LogP contribution in [0.15, 0.2) is 0 Å². The number of halogens is 3. The molecule has 0 aromatic carbocycles. The van der Waals surface area contributed by atoms with Crippen molar-refractivity contribution in [3.8, 4) is 0 Å². The molecule has 0 atom stereocenters. The number of hydrogen-bond acceptors (Lipinski definition) is 0. The van der Waals surface area contributed by atoms with Crippen molar-refractivity contribution in [3.05, 3.63) is 0 Å². The summed E-state index contributed by atoms with van der Waals surface area (Å²) in [6.07, 6.45) is 0. The third-order valence-corrected chi connectivity index (χ3v) is 4.23. The van der Waals surface area contributed by atoms with Gasteiger partial charge in [-0.3, -0.25) is 0 Å². The van der Waals surface area contributed by atoms with Crippen LogP contribution in [0.5, 0.6) is 0 Å². The van der Waals surface area contributed by atoms with Crippen molar-refractivity contribution in [2.45, 2.75) is 0 Å². The van der Waals surface area contributed by atoms with Gasteiger partial charge >= 0.3 is 48.9 Å². The first kappa shape index (κ1) is 6.43. The molecular weight excluding hydrogens is 193 g/mol. The Labute approximate surface area is 49.0 Å². The van der Waals surface area contributed by atoms with E-state index in [1.807, 2.05) is 0 Å². The fourth-order valence-electron chi connectivity index (χ4n) is 0. The second-order valence-electron chi connectivity index (χ2n) is 0.422. The van der Waals surface area contributed by atoms with E-state index in [1.165, 1.54) is 0 Å². The molecule has 0 aromatic rings. The van der Waals surface area contributed by atoms with Crippen molar-refractivity contribution < 1.29 is 0 Å². The van der Waals surface area contributed by atoms with Gasteiger partial charge in [0.2, 0.25) is 0 Å². The Morgan fingerprint density at radius 1 is 1.40 bits per heavy atom.